The monoisotopic (exact) mass is 353 g/mol. The number of piperidine rings is 1. The number of halogens is 2. The van der Waals surface area contributed by atoms with Crippen molar-refractivity contribution >= 4 is 17.5 Å². The van der Waals surface area contributed by atoms with E-state index in [0.717, 1.165) is 64.0 Å². The molecule has 2 fully saturated rings. The second-order valence-corrected chi connectivity index (χ2v) is 7.28. The number of hydrogen-bond donors (Lipinski definition) is 2. The maximum absolute atomic E-state index is 13.1. The Morgan fingerprint density at radius 1 is 1.38 bits per heavy atom. The van der Waals surface area contributed by atoms with Gasteiger partial charge in [0, 0.05) is 24.7 Å². The zero-order chi connectivity index (χ0) is 16.9. The SMILES string of the molecule is O=C(NCC1CCCN(Cc2ccc(F)cc2Cl)C1)C1CCCN1. The van der Waals surface area contributed by atoms with Gasteiger partial charge in [0.1, 0.15) is 5.82 Å². The lowest BCUT2D eigenvalue weighted by atomic mass is 9.97. The average Bonchev–Trinajstić information content (AvgIpc) is 3.10. The summed E-state index contributed by atoms with van der Waals surface area (Å²) < 4.78 is 13.1. The molecular weight excluding hydrogens is 329 g/mol. The Balaban J connectivity index is 1.48. The van der Waals surface area contributed by atoms with E-state index in [1.807, 2.05) is 0 Å². The molecule has 2 aliphatic heterocycles. The number of carbonyl (C=O) groups excluding carboxylic acids is 1. The largest absolute Gasteiger partial charge is 0.354 e. The Morgan fingerprint density at radius 3 is 3.00 bits per heavy atom. The number of rotatable bonds is 5. The predicted octanol–water partition coefficient (Wildman–Crippen LogP) is 2.56. The highest BCUT2D eigenvalue weighted by atomic mass is 35.5. The van der Waals surface area contributed by atoms with E-state index >= 15 is 0 Å². The number of benzene rings is 1. The van der Waals surface area contributed by atoms with Gasteiger partial charge in [-0.05, 0) is 62.4 Å². The molecule has 2 saturated heterocycles. The lowest BCUT2D eigenvalue weighted by molar-refractivity contribution is -0.123. The standard InChI is InChI=1S/C18H25ClFN3O/c19-16-9-15(20)6-5-14(16)12-23-8-2-3-13(11-23)10-22-18(24)17-4-1-7-21-17/h5-6,9,13,17,21H,1-4,7-8,10-12H2,(H,22,24). The zero-order valence-corrected chi connectivity index (χ0v) is 14.6. The molecule has 4 nitrogen and oxygen atoms in total. The van der Waals surface area contributed by atoms with Crippen LogP contribution in [0, 0.1) is 11.7 Å². The maximum atomic E-state index is 13.1. The molecule has 2 aliphatic rings. The van der Waals surface area contributed by atoms with Crippen molar-refractivity contribution in [3.63, 3.8) is 0 Å². The smallest absolute Gasteiger partial charge is 0.237 e. The molecule has 1 aromatic rings. The number of nitrogens with one attached hydrogen (secondary N) is 2. The summed E-state index contributed by atoms with van der Waals surface area (Å²) in [7, 11) is 0. The number of likely N-dealkylation sites (tertiary alicyclic amines) is 1. The molecule has 1 amide bonds. The van der Waals surface area contributed by atoms with Crippen LogP contribution in [-0.2, 0) is 11.3 Å². The number of nitrogens with zero attached hydrogens (tertiary/aromatic N) is 1. The van der Waals surface area contributed by atoms with Crippen LogP contribution in [0.1, 0.15) is 31.2 Å². The highest BCUT2D eigenvalue weighted by molar-refractivity contribution is 6.31. The van der Waals surface area contributed by atoms with Gasteiger partial charge in [-0.1, -0.05) is 17.7 Å². The highest BCUT2D eigenvalue weighted by Gasteiger charge is 2.24. The van der Waals surface area contributed by atoms with Crippen molar-refractivity contribution in [3.05, 3.63) is 34.6 Å². The van der Waals surface area contributed by atoms with E-state index in [2.05, 4.69) is 15.5 Å². The van der Waals surface area contributed by atoms with E-state index in [1.54, 1.807) is 6.07 Å². The van der Waals surface area contributed by atoms with Gasteiger partial charge in [-0.25, -0.2) is 4.39 Å². The molecule has 2 N–H and O–H groups in total. The first-order valence-corrected chi connectivity index (χ1v) is 9.17. The van der Waals surface area contributed by atoms with Gasteiger partial charge in [0.15, 0.2) is 0 Å². The van der Waals surface area contributed by atoms with Gasteiger partial charge in [0.05, 0.1) is 6.04 Å². The summed E-state index contributed by atoms with van der Waals surface area (Å²) >= 11 is 6.13. The van der Waals surface area contributed by atoms with E-state index < -0.39 is 0 Å². The molecule has 132 valence electrons. The number of hydrogen-bond acceptors (Lipinski definition) is 3. The first kappa shape index (κ1) is 17.6. The zero-order valence-electron chi connectivity index (χ0n) is 13.9. The molecule has 0 aliphatic carbocycles. The van der Waals surface area contributed by atoms with Gasteiger partial charge in [-0.3, -0.25) is 9.69 Å². The Bertz CT molecular complexity index is 577. The first-order valence-electron chi connectivity index (χ1n) is 8.79. The van der Waals surface area contributed by atoms with E-state index in [1.165, 1.54) is 12.1 Å². The third-order valence-electron chi connectivity index (χ3n) is 4.95. The summed E-state index contributed by atoms with van der Waals surface area (Å²) in [5.41, 5.74) is 0.956. The number of amides is 1. The number of carbonyl (C=O) groups is 1. The van der Waals surface area contributed by atoms with Crippen LogP contribution in [0.25, 0.3) is 0 Å². The maximum Gasteiger partial charge on any atom is 0.237 e. The van der Waals surface area contributed by atoms with E-state index in [0.29, 0.717) is 10.9 Å². The molecule has 1 aromatic carbocycles. The third kappa shape index (κ3) is 4.68. The van der Waals surface area contributed by atoms with Crippen LogP contribution in [0.15, 0.2) is 18.2 Å². The van der Waals surface area contributed by atoms with Crippen LogP contribution in [-0.4, -0.2) is 43.0 Å². The van der Waals surface area contributed by atoms with Crippen molar-refractivity contribution < 1.29 is 9.18 Å². The fourth-order valence-corrected chi connectivity index (χ4v) is 3.86. The molecule has 0 aromatic heterocycles. The molecule has 0 radical (unpaired) electrons. The van der Waals surface area contributed by atoms with Gasteiger partial charge in [-0.2, -0.15) is 0 Å². The second kappa shape index (κ2) is 8.28. The Hall–Kier alpha value is -1.17. The minimum atomic E-state index is -0.302. The molecule has 0 bridgehead atoms. The second-order valence-electron chi connectivity index (χ2n) is 6.87. The summed E-state index contributed by atoms with van der Waals surface area (Å²) in [6.07, 6.45) is 4.26. The fourth-order valence-electron chi connectivity index (χ4n) is 3.63. The normalized spacial score (nSPS) is 24.9. The van der Waals surface area contributed by atoms with Crippen LogP contribution in [0.5, 0.6) is 0 Å². The quantitative estimate of drug-likeness (QED) is 0.855. The summed E-state index contributed by atoms with van der Waals surface area (Å²) in [5.74, 6) is 0.290. The molecule has 0 spiro atoms. The van der Waals surface area contributed by atoms with Gasteiger partial charge in [-0.15, -0.1) is 0 Å². The van der Waals surface area contributed by atoms with Gasteiger partial charge >= 0.3 is 0 Å². The van der Waals surface area contributed by atoms with Gasteiger partial charge in [0.2, 0.25) is 5.91 Å². The Morgan fingerprint density at radius 2 is 2.25 bits per heavy atom. The molecule has 2 heterocycles. The average molecular weight is 354 g/mol. The van der Waals surface area contributed by atoms with Crippen molar-refractivity contribution in [1.82, 2.24) is 15.5 Å². The van der Waals surface area contributed by atoms with Crippen molar-refractivity contribution in [2.75, 3.05) is 26.2 Å². The Kier molecular flexibility index (Phi) is 6.09. The van der Waals surface area contributed by atoms with E-state index in [4.69, 9.17) is 11.6 Å². The minimum Gasteiger partial charge on any atom is -0.354 e. The Labute approximate surface area is 147 Å². The van der Waals surface area contributed by atoms with Crippen LogP contribution < -0.4 is 10.6 Å². The van der Waals surface area contributed by atoms with Gasteiger partial charge in [0.25, 0.3) is 0 Å². The summed E-state index contributed by atoms with van der Waals surface area (Å²) in [4.78, 5) is 14.4. The van der Waals surface area contributed by atoms with Crippen molar-refractivity contribution in [2.45, 2.75) is 38.3 Å². The van der Waals surface area contributed by atoms with Crippen LogP contribution in [0.2, 0.25) is 5.02 Å². The van der Waals surface area contributed by atoms with Gasteiger partial charge < -0.3 is 10.6 Å². The lowest BCUT2D eigenvalue weighted by Gasteiger charge is -2.33. The molecule has 0 saturated carbocycles. The summed E-state index contributed by atoms with van der Waals surface area (Å²) in [6.45, 7) is 4.35. The fraction of sp³-hybridized carbons (Fsp3) is 0.611. The topological polar surface area (TPSA) is 44.4 Å². The van der Waals surface area contributed by atoms with Crippen LogP contribution in [0.4, 0.5) is 4.39 Å². The molecule has 24 heavy (non-hydrogen) atoms. The highest BCUT2D eigenvalue weighted by Crippen LogP contribution is 2.23. The minimum absolute atomic E-state index is 0.0114. The molecule has 6 heteroatoms. The third-order valence-corrected chi connectivity index (χ3v) is 5.31. The molecule has 2 unspecified atom stereocenters. The summed E-state index contributed by atoms with van der Waals surface area (Å²) in [5, 5.41) is 6.81. The van der Waals surface area contributed by atoms with Crippen LogP contribution in [0.3, 0.4) is 0 Å². The molecule has 2 atom stereocenters. The first-order chi connectivity index (χ1) is 11.6. The molecular formula is C18H25ClFN3O. The predicted molar refractivity (Wildman–Crippen MR) is 93.4 cm³/mol. The van der Waals surface area contributed by atoms with Crippen molar-refractivity contribution in [1.29, 1.82) is 0 Å². The lowest BCUT2D eigenvalue weighted by Crippen LogP contribution is -2.45. The van der Waals surface area contributed by atoms with E-state index in [-0.39, 0.29) is 17.8 Å². The van der Waals surface area contributed by atoms with Crippen molar-refractivity contribution in [2.24, 2.45) is 5.92 Å². The van der Waals surface area contributed by atoms with Crippen LogP contribution >= 0.6 is 11.6 Å². The van der Waals surface area contributed by atoms with Crippen molar-refractivity contribution in [3.8, 4) is 0 Å². The summed E-state index contributed by atoms with van der Waals surface area (Å²) in [6, 6.07) is 4.57. The van der Waals surface area contributed by atoms with E-state index in [9.17, 15) is 9.18 Å². The molecule has 3 rings (SSSR count).